The van der Waals surface area contributed by atoms with Crippen LogP contribution in [0.5, 0.6) is 0 Å². The fourth-order valence-electron chi connectivity index (χ4n) is 3.89. The molecular weight excluding hydrogens is 296 g/mol. The highest BCUT2D eigenvalue weighted by molar-refractivity contribution is 5.16. The fourth-order valence-corrected chi connectivity index (χ4v) is 3.89. The van der Waals surface area contributed by atoms with Crippen LogP contribution in [0.4, 0.5) is 0 Å². The third-order valence-electron chi connectivity index (χ3n) is 5.55. The SMILES string of the molecule is CN1CCCC1CCNC[C@H](O)C(Cc1ccccc1)C(C)(C)C. The standard InChI is InChI=1S/C21H36N2O/c1-21(2,3)19(15-17-9-6-5-7-10-17)20(24)16-22-13-12-18-11-8-14-23(18)4/h5-7,9-10,18-20,22,24H,8,11-16H2,1-4H3/t18?,19?,20-/m0/s1. The van der Waals surface area contributed by atoms with Gasteiger partial charge in [-0.3, -0.25) is 0 Å². The van der Waals surface area contributed by atoms with Crippen LogP contribution < -0.4 is 5.32 Å². The largest absolute Gasteiger partial charge is 0.391 e. The Bertz CT molecular complexity index is 468. The second-order valence-corrected chi connectivity index (χ2v) is 8.50. The molecule has 136 valence electrons. The van der Waals surface area contributed by atoms with Gasteiger partial charge in [0.25, 0.3) is 0 Å². The number of nitrogens with zero attached hydrogens (tertiary/aromatic N) is 1. The van der Waals surface area contributed by atoms with E-state index in [1.54, 1.807) is 0 Å². The molecule has 2 N–H and O–H groups in total. The van der Waals surface area contributed by atoms with Crippen molar-refractivity contribution in [1.29, 1.82) is 0 Å². The van der Waals surface area contributed by atoms with Crippen LogP contribution >= 0.6 is 0 Å². The minimum absolute atomic E-state index is 0.0859. The summed E-state index contributed by atoms with van der Waals surface area (Å²) in [7, 11) is 2.22. The summed E-state index contributed by atoms with van der Waals surface area (Å²) in [6.45, 7) is 9.61. The van der Waals surface area contributed by atoms with Crippen molar-refractivity contribution in [2.24, 2.45) is 11.3 Å². The van der Waals surface area contributed by atoms with Crippen molar-refractivity contribution in [1.82, 2.24) is 10.2 Å². The Hall–Kier alpha value is -0.900. The maximum Gasteiger partial charge on any atom is 0.0700 e. The van der Waals surface area contributed by atoms with E-state index in [1.165, 1.54) is 31.4 Å². The zero-order valence-corrected chi connectivity index (χ0v) is 16.0. The van der Waals surface area contributed by atoms with Crippen molar-refractivity contribution in [2.45, 2.75) is 58.6 Å². The lowest BCUT2D eigenvalue weighted by Crippen LogP contribution is -2.41. The molecule has 0 aromatic heterocycles. The number of hydrogen-bond acceptors (Lipinski definition) is 3. The van der Waals surface area contributed by atoms with Crippen molar-refractivity contribution in [3.63, 3.8) is 0 Å². The van der Waals surface area contributed by atoms with Gasteiger partial charge < -0.3 is 15.3 Å². The summed E-state index contributed by atoms with van der Waals surface area (Å²) in [4.78, 5) is 2.46. The first-order valence-electron chi connectivity index (χ1n) is 9.51. The zero-order chi connectivity index (χ0) is 17.6. The first-order valence-corrected chi connectivity index (χ1v) is 9.51. The molecule has 3 atom stereocenters. The molecule has 3 nitrogen and oxygen atoms in total. The maximum atomic E-state index is 10.8. The van der Waals surface area contributed by atoms with Gasteiger partial charge in [0.1, 0.15) is 0 Å². The summed E-state index contributed by atoms with van der Waals surface area (Å²) < 4.78 is 0. The molecule has 1 aliphatic heterocycles. The molecule has 2 rings (SSSR count). The number of aliphatic hydroxyl groups is 1. The average molecular weight is 333 g/mol. The molecule has 0 bridgehead atoms. The van der Waals surface area contributed by atoms with Gasteiger partial charge in [0, 0.05) is 12.6 Å². The van der Waals surface area contributed by atoms with Crippen LogP contribution in [0.25, 0.3) is 0 Å². The Morgan fingerprint density at radius 1 is 1.25 bits per heavy atom. The average Bonchev–Trinajstić information content (AvgIpc) is 2.94. The van der Waals surface area contributed by atoms with E-state index < -0.39 is 0 Å². The van der Waals surface area contributed by atoms with Crippen molar-refractivity contribution in [3.05, 3.63) is 35.9 Å². The highest BCUT2D eigenvalue weighted by Gasteiger charge is 2.31. The molecule has 1 aromatic carbocycles. The fraction of sp³-hybridized carbons (Fsp3) is 0.714. The number of nitrogens with one attached hydrogen (secondary N) is 1. The van der Waals surface area contributed by atoms with E-state index in [1.807, 2.05) is 6.07 Å². The van der Waals surface area contributed by atoms with Gasteiger partial charge in [-0.2, -0.15) is 0 Å². The molecule has 3 heteroatoms. The Labute approximate surface area is 148 Å². The van der Waals surface area contributed by atoms with Gasteiger partial charge in [-0.25, -0.2) is 0 Å². The minimum Gasteiger partial charge on any atom is -0.391 e. The van der Waals surface area contributed by atoms with Crippen LogP contribution in [-0.4, -0.2) is 48.8 Å². The van der Waals surface area contributed by atoms with Gasteiger partial charge >= 0.3 is 0 Å². The molecule has 1 heterocycles. The van der Waals surface area contributed by atoms with Crippen LogP contribution in [0.3, 0.4) is 0 Å². The summed E-state index contributed by atoms with van der Waals surface area (Å²) >= 11 is 0. The van der Waals surface area contributed by atoms with Gasteiger partial charge in [0.2, 0.25) is 0 Å². The minimum atomic E-state index is -0.313. The predicted octanol–water partition coefficient (Wildman–Crippen LogP) is 3.33. The topological polar surface area (TPSA) is 35.5 Å². The van der Waals surface area contributed by atoms with Crippen molar-refractivity contribution < 1.29 is 5.11 Å². The van der Waals surface area contributed by atoms with E-state index in [2.05, 4.69) is 62.3 Å². The first kappa shape index (κ1) is 19.4. The van der Waals surface area contributed by atoms with Crippen LogP contribution in [-0.2, 0) is 6.42 Å². The maximum absolute atomic E-state index is 10.8. The molecule has 24 heavy (non-hydrogen) atoms. The van der Waals surface area contributed by atoms with E-state index in [0.717, 1.165) is 19.0 Å². The second-order valence-electron chi connectivity index (χ2n) is 8.50. The predicted molar refractivity (Wildman–Crippen MR) is 102 cm³/mol. The van der Waals surface area contributed by atoms with Crippen LogP contribution in [0.2, 0.25) is 0 Å². The van der Waals surface area contributed by atoms with Crippen molar-refractivity contribution in [2.75, 3.05) is 26.7 Å². The first-order chi connectivity index (χ1) is 11.4. The quantitative estimate of drug-likeness (QED) is 0.717. The summed E-state index contributed by atoms with van der Waals surface area (Å²) in [6.07, 6.45) is 4.44. The highest BCUT2D eigenvalue weighted by Crippen LogP contribution is 2.31. The van der Waals surface area contributed by atoms with Crippen LogP contribution in [0.15, 0.2) is 30.3 Å². The zero-order valence-electron chi connectivity index (χ0n) is 16.0. The number of likely N-dealkylation sites (tertiary alicyclic amines) is 1. The Morgan fingerprint density at radius 2 is 1.96 bits per heavy atom. The van der Waals surface area contributed by atoms with Crippen molar-refractivity contribution >= 4 is 0 Å². The van der Waals surface area contributed by atoms with Gasteiger partial charge in [0.05, 0.1) is 6.10 Å². The number of rotatable bonds is 8. The summed E-state index contributed by atoms with van der Waals surface area (Å²) in [5.41, 5.74) is 1.40. The highest BCUT2D eigenvalue weighted by atomic mass is 16.3. The lowest BCUT2D eigenvalue weighted by Gasteiger charge is -2.35. The molecular formula is C21H36N2O. The summed E-state index contributed by atoms with van der Waals surface area (Å²) in [5.74, 6) is 0.251. The molecule has 1 aliphatic rings. The third kappa shape index (κ3) is 5.87. The third-order valence-corrected chi connectivity index (χ3v) is 5.55. The van der Waals surface area contributed by atoms with E-state index in [0.29, 0.717) is 6.54 Å². The van der Waals surface area contributed by atoms with Gasteiger partial charge in [-0.05, 0) is 62.7 Å². The van der Waals surface area contributed by atoms with E-state index in [4.69, 9.17) is 0 Å². The number of benzene rings is 1. The lowest BCUT2D eigenvalue weighted by molar-refractivity contribution is 0.0427. The van der Waals surface area contributed by atoms with Gasteiger partial charge in [-0.15, -0.1) is 0 Å². The van der Waals surface area contributed by atoms with Gasteiger partial charge in [-0.1, -0.05) is 51.1 Å². The smallest absolute Gasteiger partial charge is 0.0700 e. The molecule has 0 spiro atoms. The Morgan fingerprint density at radius 3 is 2.54 bits per heavy atom. The molecule has 1 aromatic rings. The summed E-state index contributed by atoms with van der Waals surface area (Å²) in [5, 5.41) is 14.3. The van der Waals surface area contributed by atoms with E-state index in [-0.39, 0.29) is 17.4 Å². The van der Waals surface area contributed by atoms with Crippen LogP contribution in [0.1, 0.15) is 45.6 Å². The van der Waals surface area contributed by atoms with E-state index in [9.17, 15) is 5.11 Å². The van der Waals surface area contributed by atoms with E-state index >= 15 is 0 Å². The lowest BCUT2D eigenvalue weighted by atomic mass is 9.74. The second kappa shape index (κ2) is 8.98. The molecule has 0 radical (unpaired) electrons. The molecule has 0 saturated carbocycles. The molecule has 0 amide bonds. The number of aliphatic hydroxyl groups excluding tert-OH is 1. The van der Waals surface area contributed by atoms with Gasteiger partial charge in [0.15, 0.2) is 0 Å². The Kier molecular flexibility index (Phi) is 7.27. The normalized spacial score (nSPS) is 21.8. The molecule has 1 fully saturated rings. The summed E-state index contributed by atoms with van der Waals surface area (Å²) in [6, 6.07) is 11.3. The monoisotopic (exact) mass is 332 g/mol. The molecule has 1 saturated heterocycles. The van der Waals surface area contributed by atoms with Crippen LogP contribution in [0, 0.1) is 11.3 Å². The van der Waals surface area contributed by atoms with Crippen molar-refractivity contribution in [3.8, 4) is 0 Å². The number of hydrogen-bond donors (Lipinski definition) is 2. The molecule has 2 unspecified atom stereocenters. The Balaban J connectivity index is 1.80. The molecule has 0 aliphatic carbocycles.